The van der Waals surface area contributed by atoms with Crippen molar-refractivity contribution < 1.29 is 14.3 Å². The number of H-pyrrole nitrogens is 1. The van der Waals surface area contributed by atoms with Gasteiger partial charge in [-0.25, -0.2) is 0 Å². The van der Waals surface area contributed by atoms with Gasteiger partial charge in [-0.05, 0) is 43.3 Å². The molecule has 156 valence electrons. The molecule has 2 aromatic carbocycles. The van der Waals surface area contributed by atoms with Crippen LogP contribution in [-0.2, 0) is 4.79 Å². The number of nitrogens with one attached hydrogen (secondary N) is 2. The van der Waals surface area contributed by atoms with Crippen LogP contribution in [0.5, 0.6) is 5.75 Å². The van der Waals surface area contributed by atoms with E-state index in [1.807, 2.05) is 53.4 Å². The molecule has 0 bridgehead atoms. The SMILES string of the molecule is COc1ccc(N2CCN(C(=O)[C@H](C)NC(=O)c3cc4ccccc4[nH]3)CC2)cc1. The molecule has 4 rings (SSSR count). The Morgan fingerprint density at radius 3 is 2.40 bits per heavy atom. The molecule has 1 aromatic heterocycles. The van der Waals surface area contributed by atoms with Crippen molar-refractivity contribution in [1.82, 2.24) is 15.2 Å². The average Bonchev–Trinajstić information content (AvgIpc) is 3.23. The highest BCUT2D eigenvalue weighted by molar-refractivity contribution is 6.00. The van der Waals surface area contributed by atoms with Crippen LogP contribution in [0, 0.1) is 0 Å². The number of carbonyl (C=O) groups is 2. The maximum atomic E-state index is 12.8. The average molecular weight is 406 g/mol. The largest absolute Gasteiger partial charge is 0.497 e. The molecule has 1 saturated heterocycles. The molecule has 0 unspecified atom stereocenters. The van der Waals surface area contributed by atoms with Crippen molar-refractivity contribution >= 4 is 28.4 Å². The number of benzene rings is 2. The molecule has 0 aliphatic carbocycles. The highest BCUT2D eigenvalue weighted by Crippen LogP contribution is 2.21. The summed E-state index contributed by atoms with van der Waals surface area (Å²) in [6, 6.07) is 16.9. The molecule has 1 atom stereocenters. The lowest BCUT2D eigenvalue weighted by atomic mass is 10.2. The van der Waals surface area contributed by atoms with E-state index in [0.717, 1.165) is 35.4 Å². The van der Waals surface area contributed by atoms with Crippen LogP contribution in [0.2, 0.25) is 0 Å². The first-order chi connectivity index (χ1) is 14.5. The molecule has 0 saturated carbocycles. The molecule has 1 aliphatic heterocycles. The van der Waals surface area contributed by atoms with Gasteiger partial charge in [0.05, 0.1) is 7.11 Å². The van der Waals surface area contributed by atoms with Crippen molar-refractivity contribution in [1.29, 1.82) is 0 Å². The van der Waals surface area contributed by atoms with Crippen molar-refractivity contribution in [3.63, 3.8) is 0 Å². The highest BCUT2D eigenvalue weighted by Gasteiger charge is 2.26. The Balaban J connectivity index is 1.32. The summed E-state index contributed by atoms with van der Waals surface area (Å²) in [5, 5.41) is 3.79. The predicted octanol–water partition coefficient (Wildman–Crippen LogP) is 2.64. The summed E-state index contributed by atoms with van der Waals surface area (Å²) in [4.78, 5) is 32.6. The number of carbonyl (C=O) groups excluding carboxylic acids is 2. The number of hydrogen-bond donors (Lipinski definition) is 2. The van der Waals surface area contributed by atoms with Crippen LogP contribution < -0.4 is 15.0 Å². The number of fused-ring (bicyclic) bond motifs is 1. The van der Waals surface area contributed by atoms with Crippen LogP contribution in [-0.4, -0.2) is 61.0 Å². The van der Waals surface area contributed by atoms with E-state index in [-0.39, 0.29) is 11.8 Å². The number of nitrogens with zero attached hydrogens (tertiary/aromatic N) is 2. The smallest absolute Gasteiger partial charge is 0.268 e. The van der Waals surface area contributed by atoms with E-state index in [9.17, 15) is 9.59 Å². The fourth-order valence-corrected chi connectivity index (χ4v) is 3.78. The Hall–Kier alpha value is -3.48. The molecule has 7 heteroatoms. The van der Waals surface area contributed by atoms with E-state index in [4.69, 9.17) is 4.74 Å². The molecular formula is C23H26N4O3. The van der Waals surface area contributed by atoms with Crippen molar-refractivity contribution in [2.45, 2.75) is 13.0 Å². The number of aromatic nitrogens is 1. The molecule has 1 fully saturated rings. The molecular weight excluding hydrogens is 380 g/mol. The zero-order valence-electron chi connectivity index (χ0n) is 17.2. The maximum absolute atomic E-state index is 12.8. The van der Waals surface area contributed by atoms with Gasteiger partial charge < -0.3 is 24.8 Å². The predicted molar refractivity (Wildman–Crippen MR) is 117 cm³/mol. The summed E-state index contributed by atoms with van der Waals surface area (Å²) < 4.78 is 5.20. The van der Waals surface area contributed by atoms with Crippen LogP contribution in [0.25, 0.3) is 10.9 Å². The third-order valence-electron chi connectivity index (χ3n) is 5.52. The quantitative estimate of drug-likeness (QED) is 0.683. The van der Waals surface area contributed by atoms with Gasteiger partial charge in [0.1, 0.15) is 17.5 Å². The van der Waals surface area contributed by atoms with Gasteiger partial charge in [0, 0.05) is 42.8 Å². The number of anilines is 1. The molecule has 2 N–H and O–H groups in total. The third kappa shape index (κ3) is 4.10. The lowest BCUT2D eigenvalue weighted by molar-refractivity contribution is -0.133. The summed E-state index contributed by atoms with van der Waals surface area (Å²) >= 11 is 0. The van der Waals surface area contributed by atoms with Gasteiger partial charge in [-0.15, -0.1) is 0 Å². The van der Waals surface area contributed by atoms with Gasteiger partial charge in [-0.3, -0.25) is 9.59 Å². The van der Waals surface area contributed by atoms with E-state index >= 15 is 0 Å². The zero-order chi connectivity index (χ0) is 21.1. The van der Waals surface area contributed by atoms with Crippen LogP contribution in [0.3, 0.4) is 0 Å². The van der Waals surface area contributed by atoms with E-state index in [2.05, 4.69) is 15.2 Å². The summed E-state index contributed by atoms with van der Waals surface area (Å²) in [6.07, 6.45) is 0. The Labute approximate surface area is 175 Å². The molecule has 30 heavy (non-hydrogen) atoms. The molecule has 0 radical (unpaired) electrons. The molecule has 3 aromatic rings. The van der Waals surface area contributed by atoms with Crippen molar-refractivity contribution in [2.24, 2.45) is 0 Å². The second kappa shape index (κ2) is 8.49. The number of methoxy groups -OCH3 is 1. The van der Waals surface area contributed by atoms with Gasteiger partial charge in [0.15, 0.2) is 0 Å². The van der Waals surface area contributed by atoms with E-state index in [1.165, 1.54) is 0 Å². The Morgan fingerprint density at radius 2 is 1.73 bits per heavy atom. The number of para-hydroxylation sites is 1. The second-order valence-electron chi connectivity index (χ2n) is 7.48. The Morgan fingerprint density at radius 1 is 1.03 bits per heavy atom. The van der Waals surface area contributed by atoms with Gasteiger partial charge >= 0.3 is 0 Å². The van der Waals surface area contributed by atoms with E-state index in [1.54, 1.807) is 20.1 Å². The van der Waals surface area contributed by atoms with Crippen LogP contribution in [0.15, 0.2) is 54.6 Å². The van der Waals surface area contributed by atoms with Gasteiger partial charge in [-0.1, -0.05) is 18.2 Å². The summed E-state index contributed by atoms with van der Waals surface area (Å²) in [7, 11) is 1.65. The number of aromatic amines is 1. The van der Waals surface area contributed by atoms with Gasteiger partial charge in [0.2, 0.25) is 5.91 Å². The molecule has 2 amide bonds. The van der Waals surface area contributed by atoms with Crippen LogP contribution in [0.1, 0.15) is 17.4 Å². The minimum Gasteiger partial charge on any atom is -0.497 e. The minimum atomic E-state index is -0.587. The van der Waals surface area contributed by atoms with E-state index < -0.39 is 6.04 Å². The van der Waals surface area contributed by atoms with Crippen molar-refractivity contribution in [2.75, 3.05) is 38.2 Å². The fraction of sp³-hybridized carbons (Fsp3) is 0.304. The number of hydrogen-bond acceptors (Lipinski definition) is 4. The Kier molecular flexibility index (Phi) is 5.61. The molecule has 7 nitrogen and oxygen atoms in total. The number of amides is 2. The first-order valence-electron chi connectivity index (χ1n) is 10.1. The van der Waals surface area contributed by atoms with Crippen molar-refractivity contribution in [3.05, 3.63) is 60.3 Å². The second-order valence-corrected chi connectivity index (χ2v) is 7.48. The lowest BCUT2D eigenvalue weighted by Gasteiger charge is -2.37. The third-order valence-corrected chi connectivity index (χ3v) is 5.52. The summed E-state index contributed by atoms with van der Waals surface area (Å²) in [6.45, 7) is 4.48. The van der Waals surface area contributed by atoms with Crippen LogP contribution in [0.4, 0.5) is 5.69 Å². The number of piperazine rings is 1. The number of ether oxygens (including phenoxy) is 1. The first kappa shape index (κ1) is 19.8. The topological polar surface area (TPSA) is 77.7 Å². The van der Waals surface area contributed by atoms with Crippen LogP contribution >= 0.6 is 0 Å². The normalized spacial score (nSPS) is 15.1. The van der Waals surface area contributed by atoms with Gasteiger partial charge in [-0.2, -0.15) is 0 Å². The fourth-order valence-electron chi connectivity index (χ4n) is 3.78. The Bertz CT molecular complexity index is 1000. The first-order valence-corrected chi connectivity index (χ1v) is 10.1. The lowest BCUT2D eigenvalue weighted by Crippen LogP contribution is -2.54. The van der Waals surface area contributed by atoms with E-state index in [0.29, 0.717) is 18.8 Å². The minimum absolute atomic E-state index is 0.0613. The molecule has 0 spiro atoms. The number of rotatable bonds is 5. The highest BCUT2D eigenvalue weighted by atomic mass is 16.5. The molecule has 1 aliphatic rings. The standard InChI is InChI=1S/C23H26N4O3/c1-16(24-22(28)21-15-17-5-3-4-6-20(17)25-21)23(29)27-13-11-26(12-14-27)18-7-9-19(30-2)10-8-18/h3-10,15-16,25H,11-14H2,1-2H3,(H,24,28)/t16-/m0/s1. The van der Waals surface area contributed by atoms with Crippen molar-refractivity contribution in [3.8, 4) is 5.75 Å². The monoisotopic (exact) mass is 406 g/mol. The molecule has 2 heterocycles. The van der Waals surface area contributed by atoms with Gasteiger partial charge in [0.25, 0.3) is 5.91 Å². The summed E-state index contributed by atoms with van der Waals surface area (Å²) in [5.74, 6) is 0.491. The summed E-state index contributed by atoms with van der Waals surface area (Å²) in [5.41, 5.74) is 2.47. The maximum Gasteiger partial charge on any atom is 0.268 e. The zero-order valence-corrected chi connectivity index (χ0v) is 17.2.